The van der Waals surface area contributed by atoms with Crippen molar-refractivity contribution in [2.75, 3.05) is 21.3 Å². The minimum atomic E-state index is -1.08. The minimum absolute atomic E-state index is 0.113. The van der Waals surface area contributed by atoms with E-state index in [0.717, 1.165) is 0 Å². The zero-order valence-corrected chi connectivity index (χ0v) is 18.8. The molecule has 2 aliphatic heterocycles. The number of nitrogens with one attached hydrogen (secondary N) is 1. The van der Waals surface area contributed by atoms with Gasteiger partial charge < -0.3 is 24.3 Å². The van der Waals surface area contributed by atoms with Crippen LogP contribution in [0.2, 0.25) is 0 Å². The van der Waals surface area contributed by atoms with Crippen LogP contribution >= 0.6 is 0 Å². The summed E-state index contributed by atoms with van der Waals surface area (Å²) in [6.45, 7) is 3.84. The molecule has 0 radical (unpaired) electrons. The van der Waals surface area contributed by atoms with E-state index in [0.29, 0.717) is 17.7 Å². The number of cyclic esters (lactones) is 1. The van der Waals surface area contributed by atoms with Gasteiger partial charge in [0.2, 0.25) is 18.0 Å². The number of fused-ring (bicyclic) bond motifs is 1. The first-order chi connectivity index (χ1) is 15.2. The normalized spacial score (nSPS) is 20.6. The summed E-state index contributed by atoms with van der Waals surface area (Å²) in [5, 5.41) is 2.70. The Morgan fingerprint density at radius 1 is 1.19 bits per heavy atom. The lowest BCUT2D eigenvalue weighted by atomic mass is 10.0. The van der Waals surface area contributed by atoms with E-state index < -0.39 is 36.2 Å². The summed E-state index contributed by atoms with van der Waals surface area (Å²) >= 11 is 0. The predicted octanol–water partition coefficient (Wildman–Crippen LogP) is 1.57. The Labute approximate surface area is 186 Å². The number of hydrogen-bond donors (Lipinski definition) is 1. The Kier molecular flexibility index (Phi) is 6.90. The summed E-state index contributed by atoms with van der Waals surface area (Å²) < 4.78 is 20.9. The minimum Gasteiger partial charge on any atom is -0.493 e. The first kappa shape index (κ1) is 23.4. The van der Waals surface area contributed by atoms with Crippen LogP contribution in [-0.4, -0.2) is 62.1 Å². The molecule has 1 aromatic carbocycles. The zero-order valence-electron chi connectivity index (χ0n) is 18.8. The molecule has 3 unspecified atom stereocenters. The van der Waals surface area contributed by atoms with E-state index in [-0.39, 0.29) is 36.0 Å². The molecule has 0 aliphatic carbocycles. The molecule has 1 aromatic rings. The smallest absolute Gasteiger partial charge is 0.344 e. The van der Waals surface area contributed by atoms with E-state index in [1.807, 2.05) is 13.8 Å². The third-order valence-electron chi connectivity index (χ3n) is 5.59. The molecule has 10 heteroatoms. The average Bonchev–Trinajstić information content (AvgIpc) is 3.31. The van der Waals surface area contributed by atoms with Crippen molar-refractivity contribution in [2.45, 2.75) is 51.4 Å². The van der Waals surface area contributed by atoms with Crippen molar-refractivity contribution in [2.24, 2.45) is 5.92 Å². The summed E-state index contributed by atoms with van der Waals surface area (Å²) in [7, 11) is 4.10. The van der Waals surface area contributed by atoms with Gasteiger partial charge in [-0.2, -0.15) is 0 Å². The molecule has 174 valence electrons. The highest BCUT2D eigenvalue weighted by atomic mass is 16.6. The molecule has 3 atom stereocenters. The number of rotatable bonds is 8. The molecule has 1 saturated heterocycles. The van der Waals surface area contributed by atoms with Crippen LogP contribution in [0.5, 0.6) is 11.5 Å². The van der Waals surface area contributed by atoms with Crippen LogP contribution in [0.15, 0.2) is 12.1 Å². The number of likely N-dealkylation sites (tertiary alicyclic amines) is 1. The van der Waals surface area contributed by atoms with Gasteiger partial charge in [-0.25, -0.2) is 9.59 Å². The number of methoxy groups -OCH3 is 3. The highest BCUT2D eigenvalue weighted by molar-refractivity contribution is 5.99. The van der Waals surface area contributed by atoms with Crippen molar-refractivity contribution in [1.82, 2.24) is 10.2 Å². The molecule has 0 saturated carbocycles. The monoisotopic (exact) mass is 448 g/mol. The van der Waals surface area contributed by atoms with Crippen LogP contribution in [0.1, 0.15) is 55.3 Å². The van der Waals surface area contributed by atoms with Crippen molar-refractivity contribution in [3.05, 3.63) is 23.3 Å². The Bertz CT molecular complexity index is 929. The number of carbonyl (C=O) groups is 4. The molecule has 0 aromatic heterocycles. The molecule has 2 aliphatic rings. The van der Waals surface area contributed by atoms with Crippen LogP contribution < -0.4 is 14.8 Å². The fourth-order valence-corrected chi connectivity index (χ4v) is 4.14. The highest BCUT2D eigenvalue weighted by Crippen LogP contribution is 2.45. The van der Waals surface area contributed by atoms with Crippen LogP contribution in [0, 0.1) is 5.92 Å². The number of amides is 2. The van der Waals surface area contributed by atoms with Gasteiger partial charge >= 0.3 is 11.9 Å². The third kappa shape index (κ3) is 4.21. The SMILES string of the molecule is COC(=O)C(CC(C)C)NC(=O)C1CCC(=O)N1C1OC(=O)c2c1ccc(OC)c2OC. The molecule has 2 amide bonds. The van der Waals surface area contributed by atoms with Gasteiger partial charge in [0.05, 0.1) is 21.3 Å². The van der Waals surface area contributed by atoms with Gasteiger partial charge in [-0.3, -0.25) is 14.5 Å². The second-order valence-electron chi connectivity index (χ2n) is 8.09. The van der Waals surface area contributed by atoms with Crippen molar-refractivity contribution < 1.29 is 38.1 Å². The summed E-state index contributed by atoms with van der Waals surface area (Å²) in [5.74, 6) is -1.38. The Hall–Kier alpha value is -3.30. The number of carbonyl (C=O) groups excluding carboxylic acids is 4. The second kappa shape index (κ2) is 9.46. The van der Waals surface area contributed by atoms with Crippen molar-refractivity contribution in [3.63, 3.8) is 0 Å². The van der Waals surface area contributed by atoms with E-state index in [4.69, 9.17) is 18.9 Å². The van der Waals surface area contributed by atoms with Gasteiger partial charge in [0, 0.05) is 12.0 Å². The fraction of sp³-hybridized carbons (Fsp3) is 0.545. The largest absolute Gasteiger partial charge is 0.493 e. The second-order valence-corrected chi connectivity index (χ2v) is 8.09. The van der Waals surface area contributed by atoms with E-state index in [9.17, 15) is 19.2 Å². The van der Waals surface area contributed by atoms with Gasteiger partial charge in [-0.05, 0) is 30.9 Å². The molecule has 10 nitrogen and oxygen atoms in total. The Balaban J connectivity index is 1.90. The third-order valence-corrected chi connectivity index (χ3v) is 5.59. The Morgan fingerprint density at radius 3 is 2.50 bits per heavy atom. The van der Waals surface area contributed by atoms with Crippen molar-refractivity contribution in [1.29, 1.82) is 0 Å². The highest BCUT2D eigenvalue weighted by Gasteiger charge is 2.48. The average molecular weight is 448 g/mol. The standard InChI is InChI=1S/C22H28N2O8/c1-11(2)10-13(21(27)31-5)23-19(26)14-7-9-16(25)24(14)20-12-6-8-15(29-3)18(30-4)17(12)22(28)32-20/h6,8,11,13-14,20H,7,9-10H2,1-5H3,(H,23,26). The number of benzene rings is 1. The maximum atomic E-state index is 13.1. The molecule has 1 fully saturated rings. The molecule has 0 spiro atoms. The first-order valence-corrected chi connectivity index (χ1v) is 10.4. The van der Waals surface area contributed by atoms with Gasteiger partial charge in [0.25, 0.3) is 0 Å². The zero-order chi connectivity index (χ0) is 23.6. The molecule has 0 bridgehead atoms. The van der Waals surface area contributed by atoms with Crippen LogP contribution in [0.3, 0.4) is 0 Å². The number of ether oxygens (including phenoxy) is 4. The molecule has 32 heavy (non-hydrogen) atoms. The lowest BCUT2D eigenvalue weighted by Crippen LogP contribution is -2.51. The number of esters is 2. The summed E-state index contributed by atoms with van der Waals surface area (Å²) in [6, 6.07) is 1.48. The summed E-state index contributed by atoms with van der Waals surface area (Å²) in [6.07, 6.45) is -0.347. The van der Waals surface area contributed by atoms with Crippen molar-refractivity contribution >= 4 is 23.8 Å². The lowest BCUT2D eigenvalue weighted by Gasteiger charge is -2.30. The maximum Gasteiger partial charge on any atom is 0.344 e. The summed E-state index contributed by atoms with van der Waals surface area (Å²) in [4.78, 5) is 51.8. The van der Waals surface area contributed by atoms with Gasteiger partial charge in [-0.15, -0.1) is 0 Å². The van der Waals surface area contributed by atoms with E-state index >= 15 is 0 Å². The van der Waals surface area contributed by atoms with Crippen LogP contribution in [0.4, 0.5) is 0 Å². The predicted molar refractivity (Wildman–Crippen MR) is 111 cm³/mol. The summed E-state index contributed by atoms with van der Waals surface area (Å²) in [5.41, 5.74) is 0.565. The molecule has 1 N–H and O–H groups in total. The van der Waals surface area contributed by atoms with E-state index in [1.54, 1.807) is 12.1 Å². The Morgan fingerprint density at radius 2 is 1.91 bits per heavy atom. The maximum absolute atomic E-state index is 13.1. The van der Waals surface area contributed by atoms with Gasteiger partial charge in [0.15, 0.2) is 11.5 Å². The van der Waals surface area contributed by atoms with Gasteiger partial charge in [-0.1, -0.05) is 13.8 Å². The lowest BCUT2D eigenvalue weighted by molar-refractivity contribution is -0.149. The van der Waals surface area contributed by atoms with E-state index in [2.05, 4.69) is 5.32 Å². The van der Waals surface area contributed by atoms with Crippen molar-refractivity contribution in [3.8, 4) is 11.5 Å². The molecule has 2 heterocycles. The van der Waals surface area contributed by atoms with Crippen LogP contribution in [0.25, 0.3) is 0 Å². The van der Waals surface area contributed by atoms with Crippen LogP contribution in [-0.2, 0) is 23.9 Å². The molecular formula is C22H28N2O8. The first-order valence-electron chi connectivity index (χ1n) is 10.4. The number of nitrogens with zero attached hydrogens (tertiary/aromatic N) is 1. The van der Waals surface area contributed by atoms with Gasteiger partial charge in [0.1, 0.15) is 17.6 Å². The fourth-order valence-electron chi connectivity index (χ4n) is 4.14. The van der Waals surface area contributed by atoms with E-state index in [1.165, 1.54) is 26.2 Å². The quantitative estimate of drug-likeness (QED) is 0.595. The molecular weight excluding hydrogens is 420 g/mol. The topological polar surface area (TPSA) is 120 Å². The molecule has 3 rings (SSSR count). The number of hydrogen-bond acceptors (Lipinski definition) is 8.